The zero-order valence-corrected chi connectivity index (χ0v) is 37.0. The van der Waals surface area contributed by atoms with Crippen LogP contribution in [0.15, 0.2) is 181 Å². The maximum Gasteiger partial charge on any atom is 0.169 e. The first-order chi connectivity index (χ1) is 32.6. The van der Waals surface area contributed by atoms with Crippen LogP contribution in [0.5, 0.6) is 11.5 Å². The second-order valence-electron chi connectivity index (χ2n) is 15.7. The highest BCUT2D eigenvalue weighted by Crippen LogP contribution is 2.33. The van der Waals surface area contributed by atoms with Gasteiger partial charge in [-0.25, -0.2) is 0 Å². The van der Waals surface area contributed by atoms with E-state index >= 15 is 0 Å². The topological polar surface area (TPSA) is 152 Å². The third-order valence-electron chi connectivity index (χ3n) is 11.1. The van der Waals surface area contributed by atoms with E-state index in [4.69, 9.17) is 42.6 Å². The van der Waals surface area contributed by atoms with Crippen LogP contribution in [0.2, 0.25) is 0 Å². The minimum Gasteiger partial charge on any atom is -0.497 e. The minimum atomic E-state index is -1.26. The van der Waals surface area contributed by atoms with Gasteiger partial charge >= 0.3 is 0 Å². The van der Waals surface area contributed by atoms with E-state index in [0.29, 0.717) is 18.1 Å². The van der Waals surface area contributed by atoms with E-state index in [-0.39, 0.29) is 39.6 Å². The van der Waals surface area contributed by atoms with E-state index in [1.807, 2.05) is 152 Å². The molecule has 0 aromatic heterocycles. The molecule has 1 fully saturated rings. The Balaban J connectivity index is 1.25. The summed E-state index contributed by atoms with van der Waals surface area (Å²) in [4.78, 5) is 3.31. The highest BCUT2D eigenvalue weighted by Gasteiger charge is 2.50. The lowest BCUT2D eigenvalue weighted by Gasteiger charge is -2.46. The van der Waals surface area contributed by atoms with Crippen LogP contribution in [0.3, 0.4) is 0 Å². The quantitative estimate of drug-likeness (QED) is 0.0317. The van der Waals surface area contributed by atoms with Crippen molar-refractivity contribution in [2.75, 3.05) is 26.9 Å². The van der Waals surface area contributed by atoms with Crippen molar-refractivity contribution in [3.8, 4) is 11.5 Å². The second kappa shape index (κ2) is 26.2. The van der Waals surface area contributed by atoms with E-state index in [0.717, 1.165) is 27.8 Å². The number of hydrogen-bond donors (Lipinski definition) is 1. The molecule has 66 heavy (non-hydrogen) atoms. The average Bonchev–Trinajstić information content (AvgIpc) is 3.37. The largest absolute Gasteiger partial charge is 0.497 e. The first-order valence-electron chi connectivity index (χ1n) is 22.1. The predicted molar refractivity (Wildman–Crippen MR) is 248 cm³/mol. The highest BCUT2D eigenvalue weighted by atomic mass is 16.7. The molecular weight excluding hydrogens is 839 g/mol. The van der Waals surface area contributed by atoms with E-state index < -0.39 is 55.6 Å². The van der Waals surface area contributed by atoms with E-state index in [2.05, 4.69) is 10.0 Å². The molecule has 0 bridgehead atoms. The van der Waals surface area contributed by atoms with Gasteiger partial charge in [-0.05, 0) is 57.6 Å². The van der Waals surface area contributed by atoms with Crippen LogP contribution >= 0.6 is 0 Å². The molecule has 6 aromatic carbocycles. The fraction of sp³-hybridized carbons (Fsp3) is 0.321. The van der Waals surface area contributed by atoms with Gasteiger partial charge in [0.15, 0.2) is 6.29 Å². The summed E-state index contributed by atoms with van der Waals surface area (Å²) in [5.41, 5.74) is 14.8. The maximum atomic E-state index is 11.1. The van der Waals surface area contributed by atoms with E-state index in [1.165, 1.54) is 0 Å². The Morgan fingerprint density at radius 1 is 0.576 bits per heavy atom. The third-order valence-corrected chi connectivity index (χ3v) is 11.1. The summed E-state index contributed by atoms with van der Waals surface area (Å²) in [6.07, 6.45) is -6.63. The summed E-state index contributed by atoms with van der Waals surface area (Å²) in [6.45, 7) is 0.576. The molecule has 3 unspecified atom stereocenters. The van der Waals surface area contributed by atoms with Crippen LogP contribution in [0.25, 0.3) is 10.4 Å². The fourth-order valence-corrected chi connectivity index (χ4v) is 7.60. The van der Waals surface area contributed by atoms with E-state index in [9.17, 15) is 10.6 Å². The Morgan fingerprint density at radius 3 is 1.55 bits per heavy atom. The standard InChI is InChI=1S/C53H57N3O10/c1-58-44-27-29-45(30-28-44)60-38-48(50(62-34-41-21-11-4-12-22-41)46(31-57)61-33-40-19-9-3-10-20-40)66-53-49(55-56-54)52(64-36-43-25-15-6-16-26-43)51(63-35-42-23-13-5-14-24-42)47(65-53)37-59-32-39-17-7-2-8-18-39/h2-30,46-53,57H,31-38H2,1H3/t46?,47-,48?,49-,50?,51-,52-,53-/m1/s1. The lowest BCUT2D eigenvalue weighted by Crippen LogP contribution is -2.62. The number of ether oxygens (including phenoxy) is 9. The van der Waals surface area contributed by atoms with Crippen LogP contribution in [0, 0.1) is 0 Å². The molecule has 1 N–H and O–H groups in total. The first-order valence-corrected chi connectivity index (χ1v) is 22.1. The third kappa shape index (κ3) is 14.5. The molecule has 1 heterocycles. The Kier molecular flexibility index (Phi) is 19.0. The Labute approximate surface area is 386 Å². The van der Waals surface area contributed by atoms with Crippen LogP contribution < -0.4 is 9.47 Å². The molecule has 0 aliphatic carbocycles. The van der Waals surface area contributed by atoms with Crippen LogP contribution in [0.1, 0.15) is 27.8 Å². The lowest BCUT2D eigenvalue weighted by atomic mass is 9.96. The fourth-order valence-electron chi connectivity index (χ4n) is 7.60. The molecular formula is C53H57N3O10. The van der Waals surface area contributed by atoms with Crippen molar-refractivity contribution < 1.29 is 47.7 Å². The highest BCUT2D eigenvalue weighted by molar-refractivity contribution is 5.31. The van der Waals surface area contributed by atoms with Gasteiger partial charge in [-0.15, -0.1) is 0 Å². The Bertz CT molecular complexity index is 2290. The van der Waals surface area contributed by atoms with Crippen molar-refractivity contribution in [1.29, 1.82) is 0 Å². The number of azide groups is 1. The molecule has 13 nitrogen and oxygen atoms in total. The lowest BCUT2D eigenvalue weighted by molar-refractivity contribution is -0.309. The van der Waals surface area contributed by atoms with Gasteiger partial charge in [0.05, 0.1) is 53.4 Å². The Morgan fingerprint density at radius 2 is 1.05 bits per heavy atom. The van der Waals surface area contributed by atoms with Crippen molar-refractivity contribution >= 4 is 0 Å². The summed E-state index contributed by atoms with van der Waals surface area (Å²) in [6, 6.07) is 54.7. The number of rotatable bonds is 26. The summed E-state index contributed by atoms with van der Waals surface area (Å²) in [5, 5.41) is 15.4. The van der Waals surface area contributed by atoms with Crippen molar-refractivity contribution in [1.82, 2.24) is 0 Å². The SMILES string of the molecule is COc1ccc(OCC(O[C@H]2O[C@H](COCc3ccccc3)[C@@H](OCc3ccccc3)[C@H](OCc3ccccc3)[C@H]2N=[N+]=[N-])C(OCc2ccccc2)C(CO)OCc2ccccc2)cc1. The van der Waals surface area contributed by atoms with Crippen LogP contribution in [-0.4, -0.2) is 81.0 Å². The zero-order chi connectivity index (χ0) is 45.6. The number of aliphatic hydroxyl groups excluding tert-OH is 1. The Hall–Kier alpha value is -6.09. The van der Waals surface area contributed by atoms with Gasteiger partial charge in [0, 0.05) is 4.91 Å². The summed E-state index contributed by atoms with van der Waals surface area (Å²) >= 11 is 0. The smallest absolute Gasteiger partial charge is 0.169 e. The first kappa shape index (κ1) is 47.9. The number of aliphatic hydroxyl groups is 1. The van der Waals surface area contributed by atoms with Crippen molar-refractivity contribution in [2.24, 2.45) is 5.11 Å². The number of hydrogen-bond acceptors (Lipinski definition) is 11. The van der Waals surface area contributed by atoms with Crippen molar-refractivity contribution in [2.45, 2.75) is 82.0 Å². The molecule has 0 spiro atoms. The van der Waals surface area contributed by atoms with Gasteiger partial charge in [0.1, 0.15) is 60.8 Å². The second-order valence-corrected chi connectivity index (χ2v) is 15.7. The monoisotopic (exact) mass is 895 g/mol. The number of nitrogens with zero attached hydrogens (tertiary/aromatic N) is 3. The van der Waals surface area contributed by atoms with Crippen LogP contribution in [0.4, 0.5) is 0 Å². The molecule has 0 saturated carbocycles. The molecule has 7 rings (SSSR count). The summed E-state index contributed by atoms with van der Waals surface area (Å²) in [5.74, 6) is 1.19. The molecule has 1 saturated heterocycles. The molecule has 1 aliphatic rings. The number of methoxy groups -OCH3 is 1. The van der Waals surface area contributed by atoms with Gasteiger partial charge in [0.25, 0.3) is 0 Å². The number of benzene rings is 6. The molecule has 13 heteroatoms. The zero-order valence-electron chi connectivity index (χ0n) is 37.0. The summed E-state index contributed by atoms with van der Waals surface area (Å²) in [7, 11) is 1.59. The van der Waals surface area contributed by atoms with Gasteiger partial charge in [-0.2, -0.15) is 0 Å². The van der Waals surface area contributed by atoms with Crippen molar-refractivity contribution in [3.05, 3.63) is 214 Å². The normalized spacial score (nSPS) is 19.5. The van der Waals surface area contributed by atoms with Crippen molar-refractivity contribution in [3.63, 3.8) is 0 Å². The van der Waals surface area contributed by atoms with Crippen LogP contribution in [-0.2, 0) is 66.2 Å². The summed E-state index contributed by atoms with van der Waals surface area (Å²) < 4.78 is 58.8. The molecule has 1 aliphatic heterocycles. The molecule has 8 atom stereocenters. The van der Waals surface area contributed by atoms with E-state index in [1.54, 1.807) is 31.4 Å². The molecule has 6 aromatic rings. The predicted octanol–water partition coefficient (Wildman–Crippen LogP) is 9.41. The molecule has 0 amide bonds. The van der Waals surface area contributed by atoms with Gasteiger partial charge in [-0.1, -0.05) is 157 Å². The van der Waals surface area contributed by atoms with Gasteiger partial charge < -0.3 is 47.7 Å². The molecule has 344 valence electrons. The average molecular weight is 896 g/mol. The van der Waals surface area contributed by atoms with Gasteiger partial charge in [-0.3, -0.25) is 0 Å². The maximum absolute atomic E-state index is 11.1. The molecule has 0 radical (unpaired) electrons. The van der Waals surface area contributed by atoms with Gasteiger partial charge in [0.2, 0.25) is 0 Å². The minimum absolute atomic E-state index is 0.0722.